The third-order valence-electron chi connectivity index (χ3n) is 7.59. The Kier molecular flexibility index (Phi) is 6.39. The van der Waals surface area contributed by atoms with E-state index in [1.165, 1.54) is 43.2 Å². The number of aromatic nitrogens is 3. The van der Waals surface area contributed by atoms with Crippen molar-refractivity contribution in [3.8, 4) is 5.69 Å². The van der Waals surface area contributed by atoms with Gasteiger partial charge in [-0.2, -0.15) is 0 Å². The Labute approximate surface area is 203 Å². The van der Waals surface area contributed by atoms with Gasteiger partial charge in [0, 0.05) is 5.41 Å². The van der Waals surface area contributed by atoms with Crippen molar-refractivity contribution in [1.82, 2.24) is 20.1 Å². The summed E-state index contributed by atoms with van der Waals surface area (Å²) in [5.41, 5.74) is 0.289. The van der Waals surface area contributed by atoms with Crippen LogP contribution in [0.4, 0.5) is 4.39 Å². The maximum Gasteiger partial charge on any atom is 0.319 e. The van der Waals surface area contributed by atoms with Crippen LogP contribution >= 0.6 is 11.8 Å². The molecule has 1 aromatic carbocycles. The zero-order valence-corrected chi connectivity index (χ0v) is 20.4. The predicted molar refractivity (Wildman–Crippen MR) is 126 cm³/mol. The van der Waals surface area contributed by atoms with Crippen molar-refractivity contribution < 1.29 is 18.7 Å². The Morgan fingerprint density at radius 1 is 1.21 bits per heavy atom. The van der Waals surface area contributed by atoms with Crippen molar-refractivity contribution in [2.45, 2.75) is 69.3 Å². The van der Waals surface area contributed by atoms with Crippen LogP contribution in [0.15, 0.2) is 29.4 Å². The highest BCUT2D eigenvalue weighted by molar-refractivity contribution is 8.00. The first-order chi connectivity index (χ1) is 16.4. The van der Waals surface area contributed by atoms with Crippen molar-refractivity contribution in [1.29, 1.82) is 0 Å². The first-order valence-corrected chi connectivity index (χ1v) is 13.1. The van der Waals surface area contributed by atoms with E-state index in [9.17, 15) is 14.0 Å². The molecule has 0 radical (unpaired) electrons. The molecule has 4 aliphatic rings. The lowest BCUT2D eigenvalue weighted by Gasteiger charge is -2.55. The van der Waals surface area contributed by atoms with Crippen LogP contribution in [0.25, 0.3) is 5.69 Å². The van der Waals surface area contributed by atoms with E-state index in [2.05, 4.69) is 15.5 Å². The minimum atomic E-state index is -0.508. The van der Waals surface area contributed by atoms with Crippen molar-refractivity contribution in [2.24, 2.45) is 23.2 Å². The summed E-state index contributed by atoms with van der Waals surface area (Å²) in [6.45, 7) is 3.98. The van der Waals surface area contributed by atoms with Gasteiger partial charge in [-0.1, -0.05) is 17.8 Å². The van der Waals surface area contributed by atoms with Gasteiger partial charge in [0.25, 0.3) is 0 Å². The van der Waals surface area contributed by atoms with Crippen LogP contribution in [0.3, 0.4) is 0 Å². The Bertz CT molecular complexity index is 1050. The quantitative estimate of drug-likeness (QED) is 0.443. The third kappa shape index (κ3) is 4.46. The Balaban J connectivity index is 1.36. The summed E-state index contributed by atoms with van der Waals surface area (Å²) in [5, 5.41) is 11.6. The van der Waals surface area contributed by atoms with Gasteiger partial charge in [0.1, 0.15) is 11.1 Å². The lowest BCUT2D eigenvalue weighted by Crippen LogP contribution is -2.53. The molecule has 1 aromatic heterocycles. The number of hydrogen-bond donors (Lipinski definition) is 1. The van der Waals surface area contributed by atoms with E-state index in [-0.39, 0.29) is 29.7 Å². The summed E-state index contributed by atoms with van der Waals surface area (Å²) in [6.07, 6.45) is 6.79. The average molecular weight is 487 g/mol. The largest absolute Gasteiger partial charge is 0.465 e. The average Bonchev–Trinajstić information content (AvgIpc) is 3.19. The number of halogens is 1. The van der Waals surface area contributed by atoms with E-state index in [1.807, 2.05) is 0 Å². The number of benzene rings is 1. The molecule has 0 saturated heterocycles. The predicted octanol–water partition coefficient (Wildman–Crippen LogP) is 4.28. The molecule has 182 valence electrons. The van der Waals surface area contributed by atoms with Gasteiger partial charge in [0.05, 0.1) is 18.8 Å². The molecule has 1 unspecified atom stereocenters. The summed E-state index contributed by atoms with van der Waals surface area (Å²) < 4.78 is 20.9. The fourth-order valence-electron chi connectivity index (χ4n) is 6.57. The number of nitrogens with one attached hydrogen (secondary N) is 1. The third-order valence-corrected chi connectivity index (χ3v) is 8.62. The van der Waals surface area contributed by atoms with Crippen LogP contribution in [-0.2, 0) is 20.9 Å². The molecule has 1 N–H and O–H groups in total. The van der Waals surface area contributed by atoms with Gasteiger partial charge in [-0.15, -0.1) is 10.2 Å². The summed E-state index contributed by atoms with van der Waals surface area (Å²) in [4.78, 5) is 25.6. The van der Waals surface area contributed by atoms with Crippen LogP contribution in [0.5, 0.6) is 0 Å². The van der Waals surface area contributed by atoms with Crippen LogP contribution in [0, 0.1) is 29.0 Å². The second-order valence-corrected chi connectivity index (χ2v) is 11.4. The molecule has 1 heterocycles. The Morgan fingerprint density at radius 3 is 2.50 bits per heavy atom. The molecule has 2 aromatic rings. The van der Waals surface area contributed by atoms with E-state index in [1.54, 1.807) is 30.5 Å². The summed E-state index contributed by atoms with van der Waals surface area (Å²) in [7, 11) is 0. The molecule has 4 bridgehead atoms. The highest BCUT2D eigenvalue weighted by Crippen LogP contribution is 2.60. The van der Waals surface area contributed by atoms with Gasteiger partial charge in [-0.25, -0.2) is 4.39 Å². The number of carbonyl (C=O) groups is 2. The molecule has 7 nitrogen and oxygen atoms in total. The fourth-order valence-corrected chi connectivity index (χ4v) is 7.45. The van der Waals surface area contributed by atoms with Crippen LogP contribution in [-0.4, -0.2) is 38.5 Å². The second kappa shape index (κ2) is 9.32. The standard InChI is InChI=1S/C25H31FN4O3S/c1-3-33-22(31)15(2)34-24-29-28-21(30(24)20-6-4-5-19(26)10-20)14-27-23(32)25-11-16-7-17(12-25)9-18(8-16)13-25/h4-6,10,15-18H,3,7-9,11-14H2,1-2H3,(H,27,32). The van der Waals surface area contributed by atoms with Gasteiger partial charge >= 0.3 is 5.97 Å². The van der Waals surface area contributed by atoms with Crippen molar-refractivity contribution >= 4 is 23.6 Å². The molecule has 6 rings (SSSR count). The van der Waals surface area contributed by atoms with Crippen LogP contribution < -0.4 is 5.32 Å². The van der Waals surface area contributed by atoms with Gasteiger partial charge < -0.3 is 10.1 Å². The van der Waals surface area contributed by atoms with Crippen molar-refractivity contribution in [2.75, 3.05) is 6.61 Å². The summed E-state index contributed by atoms with van der Waals surface area (Å²) in [5.74, 6) is 1.92. The molecule has 4 fully saturated rings. The topological polar surface area (TPSA) is 86.1 Å². The molecule has 0 spiro atoms. The fraction of sp³-hybridized carbons (Fsp3) is 0.600. The number of amides is 1. The molecular weight excluding hydrogens is 455 g/mol. The van der Waals surface area contributed by atoms with Crippen LogP contribution in [0.2, 0.25) is 0 Å². The van der Waals surface area contributed by atoms with Gasteiger partial charge in [-0.05, 0) is 88.3 Å². The van der Waals surface area contributed by atoms with E-state index in [0.29, 0.717) is 41.0 Å². The molecule has 1 amide bonds. The molecule has 0 aliphatic heterocycles. The lowest BCUT2D eigenvalue weighted by atomic mass is 9.49. The molecule has 4 saturated carbocycles. The minimum absolute atomic E-state index is 0.106. The molecular formula is C25H31FN4O3S. The SMILES string of the molecule is CCOC(=O)C(C)Sc1nnc(CNC(=O)C23CC4CC(CC(C4)C2)C3)n1-c1cccc(F)c1. The lowest BCUT2D eigenvalue weighted by molar-refractivity contribution is -0.146. The second-order valence-electron chi connectivity index (χ2n) is 10.1. The molecule has 1 atom stereocenters. The number of hydrogen-bond acceptors (Lipinski definition) is 6. The van der Waals surface area contributed by atoms with Crippen molar-refractivity contribution in [3.63, 3.8) is 0 Å². The van der Waals surface area contributed by atoms with Gasteiger partial charge in [-0.3, -0.25) is 14.2 Å². The zero-order chi connectivity index (χ0) is 23.9. The number of carbonyl (C=O) groups excluding carboxylic acids is 2. The number of ether oxygens (including phenoxy) is 1. The maximum absolute atomic E-state index is 14.0. The zero-order valence-electron chi connectivity index (χ0n) is 19.6. The number of esters is 1. The number of nitrogens with zero attached hydrogens (tertiary/aromatic N) is 3. The van der Waals surface area contributed by atoms with Crippen molar-refractivity contribution in [3.05, 3.63) is 35.9 Å². The minimum Gasteiger partial charge on any atom is -0.465 e. The van der Waals surface area contributed by atoms with E-state index >= 15 is 0 Å². The van der Waals surface area contributed by atoms with E-state index in [4.69, 9.17) is 4.74 Å². The van der Waals surface area contributed by atoms with Crippen LogP contribution in [0.1, 0.15) is 58.2 Å². The summed E-state index contributed by atoms with van der Waals surface area (Å²) in [6, 6.07) is 6.14. The molecule has 4 aliphatic carbocycles. The van der Waals surface area contributed by atoms with E-state index in [0.717, 1.165) is 19.3 Å². The highest BCUT2D eigenvalue weighted by atomic mass is 32.2. The summed E-state index contributed by atoms with van der Waals surface area (Å²) >= 11 is 1.20. The normalized spacial score (nSPS) is 28.0. The van der Waals surface area contributed by atoms with Gasteiger partial charge in [0.2, 0.25) is 5.91 Å². The molecule has 9 heteroatoms. The number of thioether (sulfide) groups is 1. The monoisotopic (exact) mass is 486 g/mol. The smallest absolute Gasteiger partial charge is 0.319 e. The molecule has 34 heavy (non-hydrogen) atoms. The Morgan fingerprint density at radius 2 is 1.88 bits per heavy atom. The van der Waals surface area contributed by atoms with E-state index < -0.39 is 5.25 Å². The maximum atomic E-state index is 14.0. The highest BCUT2D eigenvalue weighted by Gasteiger charge is 2.54. The Hall–Kier alpha value is -2.42. The first-order valence-electron chi connectivity index (χ1n) is 12.2. The van der Waals surface area contributed by atoms with Gasteiger partial charge in [0.15, 0.2) is 11.0 Å². The first kappa shape index (κ1) is 23.3. The number of rotatable bonds is 8.